The van der Waals surface area contributed by atoms with Crippen molar-refractivity contribution in [3.05, 3.63) is 35.6 Å². The molecule has 0 unspecified atom stereocenters. The SMILES string of the molecule is O[C@H](CC1CC1)c1ccccc1F. The molecule has 0 spiro atoms. The summed E-state index contributed by atoms with van der Waals surface area (Å²) in [6, 6.07) is 6.45. The van der Waals surface area contributed by atoms with E-state index in [9.17, 15) is 9.50 Å². The van der Waals surface area contributed by atoms with Gasteiger partial charge in [-0.05, 0) is 18.4 Å². The minimum absolute atomic E-state index is 0.296. The van der Waals surface area contributed by atoms with Crippen LogP contribution in [0.1, 0.15) is 30.9 Å². The Kier molecular flexibility index (Phi) is 2.32. The first kappa shape index (κ1) is 8.70. The molecule has 0 saturated heterocycles. The van der Waals surface area contributed by atoms with Crippen LogP contribution in [0.4, 0.5) is 4.39 Å². The van der Waals surface area contributed by atoms with Crippen molar-refractivity contribution in [1.29, 1.82) is 0 Å². The Morgan fingerprint density at radius 1 is 1.38 bits per heavy atom. The third kappa shape index (κ3) is 2.07. The molecular formula is C11H13FO. The molecule has 2 rings (SSSR count). The van der Waals surface area contributed by atoms with E-state index in [1.54, 1.807) is 18.2 Å². The first-order valence-electron chi connectivity index (χ1n) is 4.70. The maximum atomic E-state index is 13.2. The van der Waals surface area contributed by atoms with E-state index in [-0.39, 0.29) is 5.82 Å². The molecule has 0 heterocycles. The van der Waals surface area contributed by atoms with Crippen molar-refractivity contribution in [1.82, 2.24) is 0 Å². The van der Waals surface area contributed by atoms with Crippen molar-refractivity contribution in [2.45, 2.75) is 25.4 Å². The number of aliphatic hydroxyl groups is 1. The molecule has 1 nitrogen and oxygen atoms in total. The van der Waals surface area contributed by atoms with E-state index in [4.69, 9.17) is 0 Å². The van der Waals surface area contributed by atoms with Crippen LogP contribution in [0.3, 0.4) is 0 Å². The van der Waals surface area contributed by atoms with Crippen molar-refractivity contribution in [3.8, 4) is 0 Å². The second-order valence-electron chi connectivity index (χ2n) is 3.72. The van der Waals surface area contributed by atoms with Gasteiger partial charge in [0.2, 0.25) is 0 Å². The predicted octanol–water partition coefficient (Wildman–Crippen LogP) is 2.66. The van der Waals surface area contributed by atoms with Crippen LogP contribution in [0.25, 0.3) is 0 Å². The number of hydrogen-bond donors (Lipinski definition) is 1. The summed E-state index contributed by atoms with van der Waals surface area (Å²) in [6.45, 7) is 0. The number of aliphatic hydroxyl groups excluding tert-OH is 1. The Labute approximate surface area is 77.2 Å². The lowest BCUT2D eigenvalue weighted by Gasteiger charge is -2.10. The monoisotopic (exact) mass is 180 g/mol. The zero-order valence-electron chi connectivity index (χ0n) is 7.41. The van der Waals surface area contributed by atoms with Crippen LogP contribution in [-0.2, 0) is 0 Å². The molecule has 0 aliphatic heterocycles. The highest BCUT2D eigenvalue weighted by atomic mass is 19.1. The molecule has 0 bridgehead atoms. The van der Waals surface area contributed by atoms with Crippen molar-refractivity contribution in [2.24, 2.45) is 5.92 Å². The summed E-state index contributed by atoms with van der Waals surface area (Å²) in [5, 5.41) is 9.67. The van der Waals surface area contributed by atoms with E-state index < -0.39 is 6.10 Å². The molecule has 2 heteroatoms. The third-order valence-electron chi connectivity index (χ3n) is 2.52. The standard InChI is InChI=1S/C11H13FO/c12-10-4-2-1-3-9(10)11(13)7-8-5-6-8/h1-4,8,11,13H,5-7H2/t11-/m1/s1. The summed E-state index contributed by atoms with van der Waals surface area (Å²) in [6.07, 6.45) is 2.46. The normalized spacial score (nSPS) is 18.6. The van der Waals surface area contributed by atoms with Crippen LogP contribution < -0.4 is 0 Å². The van der Waals surface area contributed by atoms with Gasteiger partial charge in [0, 0.05) is 5.56 Å². The second-order valence-corrected chi connectivity index (χ2v) is 3.72. The molecule has 1 aromatic rings. The summed E-state index contributed by atoms with van der Waals surface area (Å²) >= 11 is 0. The van der Waals surface area contributed by atoms with Crippen LogP contribution in [0.5, 0.6) is 0 Å². The van der Waals surface area contributed by atoms with Gasteiger partial charge < -0.3 is 5.11 Å². The Morgan fingerprint density at radius 2 is 2.08 bits per heavy atom. The van der Waals surface area contributed by atoms with E-state index in [1.807, 2.05) is 0 Å². The van der Waals surface area contributed by atoms with Gasteiger partial charge in [-0.2, -0.15) is 0 Å². The van der Waals surface area contributed by atoms with Crippen LogP contribution in [-0.4, -0.2) is 5.11 Å². The van der Waals surface area contributed by atoms with Crippen LogP contribution >= 0.6 is 0 Å². The Morgan fingerprint density at radius 3 is 2.69 bits per heavy atom. The van der Waals surface area contributed by atoms with Crippen LogP contribution in [0.15, 0.2) is 24.3 Å². The fraction of sp³-hybridized carbons (Fsp3) is 0.455. The molecule has 13 heavy (non-hydrogen) atoms. The summed E-state index contributed by atoms with van der Waals surface area (Å²) < 4.78 is 13.2. The molecule has 1 aromatic carbocycles. The highest BCUT2D eigenvalue weighted by Gasteiger charge is 2.26. The molecule has 1 saturated carbocycles. The van der Waals surface area contributed by atoms with E-state index in [0.717, 1.165) is 0 Å². The van der Waals surface area contributed by atoms with Gasteiger partial charge in [-0.1, -0.05) is 31.0 Å². The second kappa shape index (κ2) is 3.46. The lowest BCUT2D eigenvalue weighted by atomic mass is 10.0. The molecule has 1 atom stereocenters. The molecule has 1 N–H and O–H groups in total. The molecule has 1 aliphatic rings. The highest BCUT2D eigenvalue weighted by molar-refractivity contribution is 5.19. The van der Waals surface area contributed by atoms with Gasteiger partial charge in [0.05, 0.1) is 6.10 Å². The lowest BCUT2D eigenvalue weighted by molar-refractivity contribution is 0.156. The third-order valence-corrected chi connectivity index (χ3v) is 2.52. The van der Waals surface area contributed by atoms with Crippen molar-refractivity contribution in [2.75, 3.05) is 0 Å². The largest absolute Gasteiger partial charge is 0.388 e. The molecule has 1 aliphatic carbocycles. The van der Waals surface area contributed by atoms with Gasteiger partial charge in [0.1, 0.15) is 5.82 Å². The average molecular weight is 180 g/mol. The van der Waals surface area contributed by atoms with Gasteiger partial charge in [0.25, 0.3) is 0 Å². The molecule has 70 valence electrons. The highest BCUT2D eigenvalue weighted by Crippen LogP contribution is 2.37. The van der Waals surface area contributed by atoms with Crippen molar-refractivity contribution in [3.63, 3.8) is 0 Å². The van der Waals surface area contributed by atoms with Crippen LogP contribution in [0, 0.1) is 11.7 Å². The smallest absolute Gasteiger partial charge is 0.128 e. The van der Waals surface area contributed by atoms with Gasteiger partial charge in [-0.25, -0.2) is 4.39 Å². The molecule has 0 radical (unpaired) electrons. The quantitative estimate of drug-likeness (QED) is 0.758. The molecule has 0 amide bonds. The number of benzene rings is 1. The van der Waals surface area contributed by atoms with E-state index in [2.05, 4.69) is 0 Å². The number of hydrogen-bond acceptors (Lipinski definition) is 1. The first-order chi connectivity index (χ1) is 6.27. The molecular weight excluding hydrogens is 167 g/mol. The van der Waals surface area contributed by atoms with Gasteiger partial charge >= 0.3 is 0 Å². The summed E-state index contributed by atoms with van der Waals surface area (Å²) in [7, 11) is 0. The lowest BCUT2D eigenvalue weighted by Crippen LogP contribution is -2.01. The predicted molar refractivity (Wildman–Crippen MR) is 48.7 cm³/mol. The maximum absolute atomic E-state index is 13.2. The van der Waals surface area contributed by atoms with E-state index in [1.165, 1.54) is 18.9 Å². The zero-order valence-corrected chi connectivity index (χ0v) is 7.41. The summed E-state index contributed by atoms with van der Waals surface area (Å²) in [5.41, 5.74) is 0.439. The minimum atomic E-state index is -0.617. The fourth-order valence-corrected chi connectivity index (χ4v) is 1.54. The number of rotatable bonds is 3. The fourth-order valence-electron chi connectivity index (χ4n) is 1.54. The minimum Gasteiger partial charge on any atom is -0.388 e. The van der Waals surface area contributed by atoms with Gasteiger partial charge in [-0.15, -0.1) is 0 Å². The van der Waals surface area contributed by atoms with Crippen molar-refractivity contribution >= 4 is 0 Å². The Bertz CT molecular complexity index is 294. The van der Waals surface area contributed by atoms with E-state index >= 15 is 0 Å². The molecule has 0 aromatic heterocycles. The summed E-state index contributed by atoms with van der Waals surface area (Å²) in [5.74, 6) is 0.324. The topological polar surface area (TPSA) is 20.2 Å². The van der Waals surface area contributed by atoms with Crippen molar-refractivity contribution < 1.29 is 9.50 Å². The van der Waals surface area contributed by atoms with E-state index in [0.29, 0.717) is 17.9 Å². The number of halogens is 1. The zero-order chi connectivity index (χ0) is 9.26. The van der Waals surface area contributed by atoms with Crippen LogP contribution in [0.2, 0.25) is 0 Å². The van der Waals surface area contributed by atoms with Gasteiger partial charge in [-0.3, -0.25) is 0 Å². The maximum Gasteiger partial charge on any atom is 0.128 e. The Hall–Kier alpha value is -0.890. The molecule has 1 fully saturated rings. The first-order valence-corrected chi connectivity index (χ1v) is 4.70. The van der Waals surface area contributed by atoms with Gasteiger partial charge in [0.15, 0.2) is 0 Å². The Balaban J connectivity index is 2.09. The summed E-state index contributed by atoms with van der Waals surface area (Å²) in [4.78, 5) is 0. The average Bonchev–Trinajstić information content (AvgIpc) is 2.89.